The molecular formula is C46H52F2N3O10PS. The molecule has 13 nitrogen and oxygen atoms in total. The zero-order valence-electron chi connectivity index (χ0n) is 36.0. The van der Waals surface area contributed by atoms with Crippen LogP contribution in [0.2, 0.25) is 0 Å². The van der Waals surface area contributed by atoms with Crippen LogP contribution in [0.1, 0.15) is 88.9 Å². The number of fused-ring (bicyclic) bond motifs is 3. The van der Waals surface area contributed by atoms with Crippen molar-refractivity contribution >= 4 is 64.4 Å². The molecule has 0 spiro atoms. The Morgan fingerprint density at radius 3 is 2.00 bits per heavy atom. The molecule has 3 heterocycles. The number of rotatable bonds is 13. The normalized spacial score (nSPS) is 21.4. The number of esters is 2. The fourth-order valence-electron chi connectivity index (χ4n) is 7.91. The van der Waals surface area contributed by atoms with Crippen molar-refractivity contribution in [2.45, 2.75) is 97.4 Å². The van der Waals surface area contributed by atoms with Gasteiger partial charge in [0.05, 0.1) is 15.7 Å². The molecule has 0 radical (unpaired) electrons. The molecule has 2 saturated heterocycles. The highest BCUT2D eigenvalue weighted by atomic mass is 32.1. The average molecular weight is 908 g/mol. The number of ether oxygens (including phenoxy) is 2. The van der Waals surface area contributed by atoms with E-state index in [-0.39, 0.29) is 34.0 Å². The number of amides is 3. The van der Waals surface area contributed by atoms with Crippen LogP contribution >= 0.6 is 18.9 Å². The van der Waals surface area contributed by atoms with Gasteiger partial charge in [0, 0.05) is 22.0 Å². The van der Waals surface area contributed by atoms with Gasteiger partial charge >= 0.3 is 25.2 Å². The lowest BCUT2D eigenvalue weighted by Gasteiger charge is -2.35. The fraction of sp³-hybridized carbons (Fsp3) is 0.457. The number of hydrogen-bond acceptors (Lipinski definition) is 11. The van der Waals surface area contributed by atoms with Crippen molar-refractivity contribution in [3.8, 4) is 11.1 Å². The second-order valence-electron chi connectivity index (χ2n) is 18.4. The van der Waals surface area contributed by atoms with Crippen molar-refractivity contribution in [2.75, 3.05) is 18.9 Å². The maximum Gasteiger partial charge on any atom is 0.410 e. The Hall–Kier alpha value is -5.02. The van der Waals surface area contributed by atoms with E-state index in [4.69, 9.17) is 18.5 Å². The molecule has 7 rings (SSSR count). The molecule has 1 saturated carbocycles. The lowest BCUT2D eigenvalue weighted by atomic mass is 9.98. The van der Waals surface area contributed by atoms with Gasteiger partial charge in [-0.3, -0.25) is 37.6 Å². The van der Waals surface area contributed by atoms with Crippen molar-refractivity contribution in [1.29, 1.82) is 0 Å². The van der Waals surface area contributed by atoms with Crippen molar-refractivity contribution in [3.63, 3.8) is 0 Å². The second-order valence-corrected chi connectivity index (χ2v) is 21.6. The molecule has 3 fully saturated rings. The predicted octanol–water partition coefficient (Wildman–Crippen LogP) is 9.46. The van der Waals surface area contributed by atoms with E-state index in [1.165, 1.54) is 53.7 Å². The monoisotopic (exact) mass is 907 g/mol. The van der Waals surface area contributed by atoms with Gasteiger partial charge in [-0.1, -0.05) is 48.5 Å². The number of hydrogen-bond donors (Lipinski definition) is 2. The SMILES string of the molecule is CC(C)(C)C(=O)OCOP(=O)(OCOC(=O)C(C)(C)C)C(F)(F)c1ccc2sc(C(=O)N[C@H]3C[C@@H]4C[C@@H]4C[C@H]4CC[C@@H](C(=O)Nc5ccc(-c6ccccc6)cc5)N4C3=O)cc2c1. The summed E-state index contributed by atoms with van der Waals surface area (Å²) in [4.78, 5) is 68.5. The minimum absolute atomic E-state index is 0.137. The molecule has 2 N–H and O–H groups in total. The quantitative estimate of drug-likeness (QED) is 0.0750. The Labute approximate surface area is 368 Å². The van der Waals surface area contributed by atoms with E-state index in [1.807, 2.05) is 54.6 Å². The van der Waals surface area contributed by atoms with Crippen molar-refractivity contribution < 1.29 is 55.8 Å². The van der Waals surface area contributed by atoms with Gasteiger partial charge in [-0.25, -0.2) is 0 Å². The topological polar surface area (TPSA) is 167 Å². The molecule has 5 atom stereocenters. The Morgan fingerprint density at radius 1 is 0.778 bits per heavy atom. The molecule has 0 unspecified atom stereocenters. The maximum absolute atomic E-state index is 16.3. The number of nitrogens with zero attached hydrogens (tertiary/aromatic N) is 1. The lowest BCUT2D eigenvalue weighted by Crippen LogP contribution is -2.55. The molecule has 3 aromatic carbocycles. The van der Waals surface area contributed by atoms with Crippen LogP contribution in [-0.2, 0) is 47.9 Å². The van der Waals surface area contributed by atoms with Crippen LogP contribution in [-0.4, -0.2) is 66.3 Å². The minimum Gasteiger partial charge on any atom is -0.438 e. The number of halogens is 2. The van der Waals surface area contributed by atoms with Gasteiger partial charge in [-0.15, -0.1) is 11.3 Å². The molecule has 0 bridgehead atoms. The van der Waals surface area contributed by atoms with Gasteiger partial charge in [0.15, 0.2) is 0 Å². The van der Waals surface area contributed by atoms with Gasteiger partial charge in [0.2, 0.25) is 25.4 Å². The molecular weight excluding hydrogens is 856 g/mol. The molecule has 4 aromatic rings. The van der Waals surface area contributed by atoms with Crippen molar-refractivity contribution in [2.24, 2.45) is 22.7 Å². The number of alkyl halides is 2. The maximum atomic E-state index is 16.3. The van der Waals surface area contributed by atoms with Gasteiger partial charge in [-0.05, 0) is 132 Å². The molecule has 3 aliphatic rings. The van der Waals surface area contributed by atoms with E-state index in [1.54, 1.807) is 4.90 Å². The molecule has 2 aliphatic heterocycles. The summed E-state index contributed by atoms with van der Waals surface area (Å²) in [5, 5.41) is 6.09. The Balaban J connectivity index is 1.06. The highest BCUT2D eigenvalue weighted by Crippen LogP contribution is 2.67. The van der Waals surface area contributed by atoms with Crippen molar-refractivity contribution in [1.82, 2.24) is 10.2 Å². The lowest BCUT2D eigenvalue weighted by molar-refractivity contribution is -0.163. The van der Waals surface area contributed by atoms with Crippen LogP contribution in [0.5, 0.6) is 0 Å². The standard InChI is InChI=1S/C46H52F2N3O10PS/c1-44(2,3)42(55)58-25-60-62(57,61-26-59-43(56)45(4,5)6)46(47,48)32-14-19-37-31(21-32)24-38(63-37)40(53)50-35-23-30-20-29(30)22-34-17-18-36(51(34)41(35)54)39(52)49-33-15-12-28(13-16-33)27-10-8-7-9-11-27/h7-16,19,21,24,29-30,34-36H,17-18,20,22-23,25-26H2,1-6H3,(H,49,52)(H,50,53)/t29-,30+,34-,35+,36+/m1/s1. The number of benzene rings is 3. The van der Waals surface area contributed by atoms with Crippen LogP contribution in [0.15, 0.2) is 78.9 Å². The summed E-state index contributed by atoms with van der Waals surface area (Å²) in [7, 11) is -5.58. The third-order valence-corrected chi connectivity index (χ3v) is 14.5. The largest absolute Gasteiger partial charge is 0.438 e. The summed E-state index contributed by atoms with van der Waals surface area (Å²) in [6, 6.07) is 20.3. The van der Waals surface area contributed by atoms with Gasteiger partial charge in [0.25, 0.3) is 5.91 Å². The van der Waals surface area contributed by atoms with E-state index in [0.717, 1.165) is 47.4 Å². The van der Waals surface area contributed by atoms with E-state index in [9.17, 15) is 28.5 Å². The van der Waals surface area contributed by atoms with Crippen molar-refractivity contribution in [3.05, 3.63) is 89.3 Å². The van der Waals surface area contributed by atoms with Crippen LogP contribution in [0.3, 0.4) is 0 Å². The summed E-state index contributed by atoms with van der Waals surface area (Å²) in [6.07, 6.45) is 3.27. The third-order valence-electron chi connectivity index (χ3n) is 11.6. The van der Waals surface area contributed by atoms with E-state index in [2.05, 4.69) is 10.6 Å². The zero-order valence-corrected chi connectivity index (χ0v) is 37.7. The molecule has 1 aliphatic carbocycles. The summed E-state index contributed by atoms with van der Waals surface area (Å²) in [6.45, 7) is 6.89. The Bertz CT molecular complexity index is 2400. The Morgan fingerprint density at radius 2 is 1.38 bits per heavy atom. The van der Waals surface area contributed by atoms with Crippen LogP contribution in [0, 0.1) is 22.7 Å². The second kappa shape index (κ2) is 17.9. The Kier molecular flexibility index (Phi) is 13.0. The summed E-state index contributed by atoms with van der Waals surface area (Å²) in [5.74, 6) is -2.23. The number of anilines is 1. The first-order chi connectivity index (χ1) is 29.6. The van der Waals surface area contributed by atoms with Crippen LogP contribution < -0.4 is 10.6 Å². The number of carbonyl (C=O) groups excluding carboxylic acids is 5. The fourth-order valence-corrected chi connectivity index (χ4v) is 10.1. The predicted molar refractivity (Wildman–Crippen MR) is 233 cm³/mol. The van der Waals surface area contributed by atoms with E-state index < -0.39 is 73.2 Å². The number of carbonyl (C=O) groups is 5. The summed E-state index contributed by atoms with van der Waals surface area (Å²) < 4.78 is 66.9. The average Bonchev–Trinajstić information content (AvgIpc) is 3.58. The number of thiophene rings is 1. The summed E-state index contributed by atoms with van der Waals surface area (Å²) in [5.41, 5.74) is -4.57. The molecule has 17 heteroatoms. The first kappa shape index (κ1) is 46.0. The van der Waals surface area contributed by atoms with Crippen LogP contribution in [0.25, 0.3) is 21.2 Å². The van der Waals surface area contributed by atoms with E-state index in [0.29, 0.717) is 35.6 Å². The highest BCUT2D eigenvalue weighted by molar-refractivity contribution is 7.54. The molecule has 1 aromatic heterocycles. The minimum atomic E-state index is -5.58. The molecule has 63 heavy (non-hydrogen) atoms. The first-order valence-electron chi connectivity index (χ1n) is 20.9. The third kappa shape index (κ3) is 10.2. The zero-order chi connectivity index (χ0) is 45.5. The van der Waals surface area contributed by atoms with Gasteiger partial charge in [0.1, 0.15) is 12.1 Å². The van der Waals surface area contributed by atoms with Crippen LogP contribution in [0.4, 0.5) is 14.5 Å². The van der Waals surface area contributed by atoms with E-state index >= 15 is 8.78 Å². The van der Waals surface area contributed by atoms with Gasteiger partial charge in [-0.2, -0.15) is 8.78 Å². The smallest absolute Gasteiger partial charge is 0.410 e. The molecule has 3 amide bonds. The number of nitrogens with one attached hydrogen (secondary N) is 2. The molecule has 336 valence electrons. The summed E-state index contributed by atoms with van der Waals surface area (Å²) >= 11 is 1.01. The van der Waals surface area contributed by atoms with Gasteiger partial charge < -0.3 is 25.0 Å². The first-order valence-corrected chi connectivity index (χ1v) is 23.3. The highest BCUT2D eigenvalue weighted by Gasteiger charge is 2.56.